The Kier molecular flexibility index (Phi) is 25.9. The first-order chi connectivity index (χ1) is 16.2. The highest BCUT2D eigenvalue weighted by molar-refractivity contribution is 5.69. The Morgan fingerprint density at radius 2 is 1.00 bits per heavy atom. The van der Waals surface area contributed by atoms with E-state index in [4.69, 9.17) is 9.84 Å². The lowest BCUT2D eigenvalue weighted by atomic mass is 10.1. The number of carbonyl (C=O) groups excluding carboxylic acids is 1. The highest BCUT2D eigenvalue weighted by atomic mass is 16.5. The molecule has 4 heteroatoms. The van der Waals surface area contributed by atoms with E-state index in [1.807, 2.05) is 0 Å². The standard InChI is InChI=1S/C29H54O4/c1-2-3-4-5-6-7-8-9-10-14-17-20-23-26-29(32)33-27-24-21-18-15-12-11-13-16-19-22-25-28(30)31/h7-8H,2-6,9-27H2,1H3,(H,30,31)/b8-7-. The molecule has 0 fully saturated rings. The van der Waals surface area contributed by atoms with Crippen LogP contribution in [0.5, 0.6) is 0 Å². The molecule has 0 aromatic carbocycles. The summed E-state index contributed by atoms with van der Waals surface area (Å²) in [5.41, 5.74) is 0. The third kappa shape index (κ3) is 28.6. The molecule has 0 aliphatic rings. The second kappa shape index (κ2) is 26.9. The lowest BCUT2D eigenvalue weighted by molar-refractivity contribution is -0.144. The molecule has 0 radical (unpaired) electrons. The van der Waals surface area contributed by atoms with Gasteiger partial charge in [0, 0.05) is 12.8 Å². The topological polar surface area (TPSA) is 63.6 Å². The number of hydrogen-bond acceptors (Lipinski definition) is 3. The van der Waals surface area contributed by atoms with Crippen molar-refractivity contribution in [3.8, 4) is 0 Å². The van der Waals surface area contributed by atoms with Crippen LogP contribution in [0, 0.1) is 0 Å². The van der Waals surface area contributed by atoms with Gasteiger partial charge in [0.15, 0.2) is 0 Å². The number of aliphatic carboxylic acids is 1. The van der Waals surface area contributed by atoms with Crippen molar-refractivity contribution in [3.05, 3.63) is 12.2 Å². The number of hydrogen-bond donors (Lipinski definition) is 1. The Balaban J connectivity index is 3.20. The highest BCUT2D eigenvalue weighted by Crippen LogP contribution is 2.12. The Morgan fingerprint density at radius 3 is 1.52 bits per heavy atom. The van der Waals surface area contributed by atoms with E-state index in [2.05, 4.69) is 19.1 Å². The van der Waals surface area contributed by atoms with Gasteiger partial charge in [-0.1, -0.05) is 109 Å². The second-order valence-corrected chi connectivity index (χ2v) is 9.53. The molecule has 0 heterocycles. The molecule has 0 aliphatic carbocycles. The van der Waals surface area contributed by atoms with Crippen LogP contribution in [0.25, 0.3) is 0 Å². The zero-order chi connectivity index (χ0) is 24.2. The Hall–Kier alpha value is -1.32. The fourth-order valence-electron chi connectivity index (χ4n) is 4.04. The molecule has 4 nitrogen and oxygen atoms in total. The second-order valence-electron chi connectivity index (χ2n) is 9.53. The molecule has 0 bridgehead atoms. The highest BCUT2D eigenvalue weighted by Gasteiger charge is 2.02. The van der Waals surface area contributed by atoms with Gasteiger partial charge in [-0.15, -0.1) is 0 Å². The van der Waals surface area contributed by atoms with Crippen molar-refractivity contribution in [1.29, 1.82) is 0 Å². The molecule has 0 aromatic heterocycles. The summed E-state index contributed by atoms with van der Waals surface area (Å²) in [6.07, 6.45) is 30.5. The van der Waals surface area contributed by atoms with Crippen LogP contribution in [-0.2, 0) is 14.3 Å². The van der Waals surface area contributed by atoms with Gasteiger partial charge in [-0.3, -0.25) is 9.59 Å². The van der Waals surface area contributed by atoms with E-state index < -0.39 is 5.97 Å². The molecule has 194 valence electrons. The van der Waals surface area contributed by atoms with Crippen LogP contribution in [0.3, 0.4) is 0 Å². The summed E-state index contributed by atoms with van der Waals surface area (Å²) in [5, 5.41) is 8.59. The van der Waals surface area contributed by atoms with Crippen LogP contribution >= 0.6 is 0 Å². The Bertz CT molecular complexity index is 459. The van der Waals surface area contributed by atoms with Crippen LogP contribution in [0.15, 0.2) is 12.2 Å². The van der Waals surface area contributed by atoms with Gasteiger partial charge in [0.25, 0.3) is 0 Å². The SMILES string of the molecule is CCCCCC/C=C\CCCCCCCC(=O)OCCCCCCCCCCCCC(=O)O. The molecule has 33 heavy (non-hydrogen) atoms. The van der Waals surface area contributed by atoms with Gasteiger partial charge in [0.05, 0.1) is 6.61 Å². The molecule has 1 N–H and O–H groups in total. The summed E-state index contributed by atoms with van der Waals surface area (Å²) in [4.78, 5) is 22.2. The molecule has 0 rings (SSSR count). The maximum Gasteiger partial charge on any atom is 0.305 e. The first-order valence-electron chi connectivity index (χ1n) is 14.2. The minimum atomic E-state index is -0.682. The van der Waals surface area contributed by atoms with E-state index in [-0.39, 0.29) is 5.97 Å². The van der Waals surface area contributed by atoms with E-state index in [0.717, 1.165) is 44.9 Å². The van der Waals surface area contributed by atoms with Crippen molar-refractivity contribution < 1.29 is 19.4 Å². The quantitative estimate of drug-likeness (QED) is 0.0784. The summed E-state index contributed by atoms with van der Waals surface area (Å²) in [6, 6.07) is 0. The zero-order valence-corrected chi connectivity index (χ0v) is 21.8. The maximum absolute atomic E-state index is 11.8. The number of unbranched alkanes of at least 4 members (excludes halogenated alkanes) is 18. The number of esters is 1. The largest absolute Gasteiger partial charge is 0.481 e. The number of carboxylic acid groups (broad SMARTS) is 1. The number of ether oxygens (including phenoxy) is 1. The number of carboxylic acids is 1. The Morgan fingerprint density at radius 1 is 0.576 bits per heavy atom. The molecule has 0 aromatic rings. The van der Waals surface area contributed by atoms with Crippen molar-refractivity contribution in [1.82, 2.24) is 0 Å². The lowest BCUT2D eigenvalue weighted by Gasteiger charge is -2.05. The maximum atomic E-state index is 11.8. The minimum absolute atomic E-state index is 0.0242. The minimum Gasteiger partial charge on any atom is -0.481 e. The molecule has 0 aliphatic heterocycles. The van der Waals surface area contributed by atoms with Crippen LogP contribution in [0.4, 0.5) is 0 Å². The smallest absolute Gasteiger partial charge is 0.305 e. The van der Waals surface area contributed by atoms with E-state index in [9.17, 15) is 9.59 Å². The third-order valence-corrected chi connectivity index (χ3v) is 6.19. The predicted octanol–water partition coefficient (Wildman–Crippen LogP) is 9.16. The van der Waals surface area contributed by atoms with Gasteiger partial charge >= 0.3 is 11.9 Å². The number of allylic oxidation sites excluding steroid dienone is 2. The third-order valence-electron chi connectivity index (χ3n) is 6.19. The van der Waals surface area contributed by atoms with E-state index in [1.165, 1.54) is 89.9 Å². The van der Waals surface area contributed by atoms with Crippen molar-refractivity contribution in [2.75, 3.05) is 6.61 Å². The van der Waals surface area contributed by atoms with Crippen molar-refractivity contribution in [2.24, 2.45) is 0 Å². The molecular formula is C29H54O4. The van der Waals surface area contributed by atoms with Gasteiger partial charge in [0.1, 0.15) is 0 Å². The van der Waals surface area contributed by atoms with Crippen LogP contribution in [0.1, 0.15) is 155 Å². The average Bonchev–Trinajstić information content (AvgIpc) is 2.79. The summed E-state index contributed by atoms with van der Waals surface area (Å²) in [7, 11) is 0. The summed E-state index contributed by atoms with van der Waals surface area (Å²) in [6.45, 7) is 2.83. The summed E-state index contributed by atoms with van der Waals surface area (Å²) in [5.74, 6) is -0.706. The molecule has 0 saturated heterocycles. The van der Waals surface area contributed by atoms with Crippen LogP contribution in [-0.4, -0.2) is 23.7 Å². The van der Waals surface area contributed by atoms with Gasteiger partial charge in [0.2, 0.25) is 0 Å². The Labute approximate surface area is 204 Å². The van der Waals surface area contributed by atoms with Gasteiger partial charge in [-0.05, 0) is 44.9 Å². The van der Waals surface area contributed by atoms with Crippen molar-refractivity contribution in [2.45, 2.75) is 155 Å². The van der Waals surface area contributed by atoms with Crippen molar-refractivity contribution >= 4 is 11.9 Å². The van der Waals surface area contributed by atoms with Gasteiger partial charge in [-0.25, -0.2) is 0 Å². The average molecular weight is 467 g/mol. The predicted molar refractivity (Wildman–Crippen MR) is 140 cm³/mol. The fourth-order valence-corrected chi connectivity index (χ4v) is 4.04. The van der Waals surface area contributed by atoms with E-state index in [1.54, 1.807) is 0 Å². The normalized spacial score (nSPS) is 11.3. The van der Waals surface area contributed by atoms with Gasteiger partial charge in [-0.2, -0.15) is 0 Å². The molecule has 0 saturated carbocycles. The number of carbonyl (C=O) groups is 2. The summed E-state index contributed by atoms with van der Waals surface area (Å²) >= 11 is 0. The van der Waals surface area contributed by atoms with Crippen LogP contribution in [0.2, 0.25) is 0 Å². The van der Waals surface area contributed by atoms with Crippen LogP contribution < -0.4 is 0 Å². The van der Waals surface area contributed by atoms with Crippen molar-refractivity contribution in [3.63, 3.8) is 0 Å². The molecule has 0 spiro atoms. The number of rotatable bonds is 26. The first-order valence-corrected chi connectivity index (χ1v) is 14.2. The molecule has 0 unspecified atom stereocenters. The van der Waals surface area contributed by atoms with E-state index >= 15 is 0 Å². The molecule has 0 amide bonds. The monoisotopic (exact) mass is 466 g/mol. The van der Waals surface area contributed by atoms with E-state index in [0.29, 0.717) is 19.4 Å². The fraction of sp³-hybridized carbons (Fsp3) is 0.862. The molecule has 0 atom stereocenters. The summed E-state index contributed by atoms with van der Waals surface area (Å²) < 4.78 is 5.36. The van der Waals surface area contributed by atoms with Gasteiger partial charge < -0.3 is 9.84 Å². The molecular weight excluding hydrogens is 412 g/mol. The lowest BCUT2D eigenvalue weighted by Crippen LogP contribution is -2.05. The first kappa shape index (κ1) is 31.7. The zero-order valence-electron chi connectivity index (χ0n) is 21.8.